The van der Waals surface area contributed by atoms with E-state index in [9.17, 15) is 4.79 Å². The van der Waals surface area contributed by atoms with Gasteiger partial charge in [-0.1, -0.05) is 55.8 Å². The molecule has 0 radical (unpaired) electrons. The summed E-state index contributed by atoms with van der Waals surface area (Å²) in [6.07, 6.45) is 4.87. The molecule has 1 N–H and O–H groups in total. The number of carbonyl (C=O) groups excluding carboxylic acids is 1. The maximum absolute atomic E-state index is 12.1. The molecule has 1 fully saturated rings. The average Bonchev–Trinajstić information content (AvgIpc) is 2.55. The van der Waals surface area contributed by atoms with Gasteiger partial charge in [-0.05, 0) is 30.9 Å². The Morgan fingerprint density at radius 1 is 1.23 bits per heavy atom. The van der Waals surface area contributed by atoms with Crippen molar-refractivity contribution in [3.05, 3.63) is 36.4 Å². The fraction of sp³-hybridized carbons (Fsp3) is 0.444. The zero-order valence-electron chi connectivity index (χ0n) is 12.9. The van der Waals surface area contributed by atoms with Gasteiger partial charge in [0.2, 0.25) is 5.91 Å². The first-order chi connectivity index (χ1) is 10.7. The van der Waals surface area contributed by atoms with E-state index in [0.29, 0.717) is 17.7 Å². The zero-order chi connectivity index (χ0) is 15.4. The average molecular weight is 314 g/mol. The van der Waals surface area contributed by atoms with Crippen LogP contribution in [0.3, 0.4) is 0 Å². The normalized spacial score (nSPS) is 21.7. The quantitative estimate of drug-likeness (QED) is 0.867. The number of para-hydroxylation sites is 1. The molecule has 2 aromatic rings. The van der Waals surface area contributed by atoms with Crippen molar-refractivity contribution in [3.8, 4) is 0 Å². The molecular weight excluding hydrogens is 292 g/mol. The molecule has 1 aliphatic rings. The molecule has 0 spiro atoms. The maximum Gasteiger partial charge on any atom is 0.230 e. The summed E-state index contributed by atoms with van der Waals surface area (Å²) >= 11 is 1.51. The van der Waals surface area contributed by atoms with Gasteiger partial charge in [-0.3, -0.25) is 4.79 Å². The van der Waals surface area contributed by atoms with E-state index in [1.54, 1.807) is 0 Å². The van der Waals surface area contributed by atoms with E-state index in [4.69, 9.17) is 0 Å². The Bertz CT molecular complexity index is 658. The molecular formula is C18H22N2OS. The van der Waals surface area contributed by atoms with Crippen LogP contribution in [0.1, 0.15) is 32.6 Å². The van der Waals surface area contributed by atoms with Crippen LogP contribution in [0.5, 0.6) is 0 Å². The van der Waals surface area contributed by atoms with E-state index in [-0.39, 0.29) is 5.91 Å². The van der Waals surface area contributed by atoms with Gasteiger partial charge in [0.15, 0.2) is 0 Å². The number of nitrogens with one attached hydrogen (secondary N) is 1. The fourth-order valence-corrected chi connectivity index (χ4v) is 3.74. The van der Waals surface area contributed by atoms with Crippen LogP contribution in [0.25, 0.3) is 10.9 Å². The van der Waals surface area contributed by atoms with Crippen molar-refractivity contribution in [1.82, 2.24) is 10.3 Å². The molecule has 0 saturated heterocycles. The predicted octanol–water partition coefficient (Wildman–Crippen LogP) is 4.02. The number of carbonyl (C=O) groups is 1. The number of nitrogens with zero attached hydrogens (tertiary/aromatic N) is 1. The molecule has 0 bridgehead atoms. The van der Waals surface area contributed by atoms with Gasteiger partial charge in [0.25, 0.3) is 0 Å². The van der Waals surface area contributed by atoms with Crippen molar-refractivity contribution in [3.63, 3.8) is 0 Å². The minimum atomic E-state index is 0.124. The minimum absolute atomic E-state index is 0.124. The van der Waals surface area contributed by atoms with Crippen LogP contribution in [-0.2, 0) is 4.79 Å². The first-order valence-electron chi connectivity index (χ1n) is 8.00. The zero-order valence-corrected chi connectivity index (χ0v) is 13.7. The molecule has 1 aromatic carbocycles. The largest absolute Gasteiger partial charge is 0.352 e. The van der Waals surface area contributed by atoms with Gasteiger partial charge >= 0.3 is 0 Å². The summed E-state index contributed by atoms with van der Waals surface area (Å²) in [7, 11) is 0. The molecule has 1 amide bonds. The number of pyridine rings is 1. The Kier molecular flexibility index (Phi) is 4.98. The predicted molar refractivity (Wildman–Crippen MR) is 92.0 cm³/mol. The highest BCUT2D eigenvalue weighted by Crippen LogP contribution is 2.24. The monoisotopic (exact) mass is 314 g/mol. The third kappa shape index (κ3) is 3.80. The molecule has 4 heteroatoms. The number of fused-ring (bicyclic) bond motifs is 1. The Labute approximate surface area is 135 Å². The van der Waals surface area contributed by atoms with E-state index in [1.165, 1.54) is 31.0 Å². The van der Waals surface area contributed by atoms with Crippen molar-refractivity contribution in [2.45, 2.75) is 43.7 Å². The van der Waals surface area contributed by atoms with Crippen LogP contribution in [-0.4, -0.2) is 22.7 Å². The van der Waals surface area contributed by atoms with Crippen molar-refractivity contribution in [2.24, 2.45) is 5.92 Å². The summed E-state index contributed by atoms with van der Waals surface area (Å²) in [6, 6.07) is 12.5. The molecule has 1 saturated carbocycles. The second-order valence-corrected chi connectivity index (χ2v) is 7.06. The van der Waals surface area contributed by atoms with Gasteiger partial charge < -0.3 is 5.32 Å². The lowest BCUT2D eigenvalue weighted by Gasteiger charge is -2.29. The summed E-state index contributed by atoms with van der Waals surface area (Å²) < 4.78 is 0. The molecule has 1 aromatic heterocycles. The van der Waals surface area contributed by atoms with Gasteiger partial charge in [0, 0.05) is 11.4 Å². The van der Waals surface area contributed by atoms with Crippen molar-refractivity contribution in [2.75, 3.05) is 5.75 Å². The topological polar surface area (TPSA) is 42.0 Å². The third-order valence-corrected chi connectivity index (χ3v) is 5.31. The number of aromatic nitrogens is 1. The number of benzene rings is 1. The van der Waals surface area contributed by atoms with Gasteiger partial charge in [-0.2, -0.15) is 0 Å². The van der Waals surface area contributed by atoms with E-state index < -0.39 is 0 Å². The van der Waals surface area contributed by atoms with Gasteiger partial charge in [0.05, 0.1) is 16.3 Å². The molecule has 116 valence electrons. The van der Waals surface area contributed by atoms with Gasteiger partial charge in [0.1, 0.15) is 0 Å². The van der Waals surface area contributed by atoms with Crippen LogP contribution >= 0.6 is 11.8 Å². The van der Waals surface area contributed by atoms with E-state index in [0.717, 1.165) is 22.3 Å². The second kappa shape index (κ2) is 7.14. The van der Waals surface area contributed by atoms with E-state index in [2.05, 4.69) is 23.3 Å². The lowest BCUT2D eigenvalue weighted by Crippen LogP contribution is -2.41. The number of rotatable bonds is 4. The second-order valence-electron chi connectivity index (χ2n) is 6.07. The molecule has 3 rings (SSSR count). The standard InChI is InChI=1S/C18H22N2OS/c1-13-6-2-4-8-15(13)19-17(21)12-22-18-11-10-14-7-3-5-9-16(14)20-18/h3,5,7,9-11,13,15H,2,4,6,8,12H2,1H3,(H,19,21)/t13-,15-/m1/s1. The Morgan fingerprint density at radius 3 is 2.91 bits per heavy atom. The van der Waals surface area contributed by atoms with Crippen LogP contribution in [0.2, 0.25) is 0 Å². The number of thioether (sulfide) groups is 1. The summed E-state index contributed by atoms with van der Waals surface area (Å²) in [5, 5.41) is 5.23. The smallest absolute Gasteiger partial charge is 0.230 e. The lowest BCUT2D eigenvalue weighted by atomic mass is 9.86. The van der Waals surface area contributed by atoms with Crippen LogP contribution in [0, 0.1) is 5.92 Å². The van der Waals surface area contributed by atoms with Crippen molar-refractivity contribution >= 4 is 28.6 Å². The van der Waals surface area contributed by atoms with Gasteiger partial charge in [-0.25, -0.2) is 4.98 Å². The number of hydrogen-bond donors (Lipinski definition) is 1. The van der Waals surface area contributed by atoms with Crippen molar-refractivity contribution < 1.29 is 4.79 Å². The molecule has 0 aliphatic heterocycles. The maximum atomic E-state index is 12.1. The first-order valence-corrected chi connectivity index (χ1v) is 8.99. The number of amides is 1. The molecule has 3 nitrogen and oxygen atoms in total. The van der Waals surface area contributed by atoms with E-state index >= 15 is 0 Å². The van der Waals surface area contributed by atoms with Gasteiger partial charge in [-0.15, -0.1) is 0 Å². The molecule has 1 heterocycles. The molecule has 1 aliphatic carbocycles. The Balaban J connectivity index is 1.55. The summed E-state index contributed by atoms with van der Waals surface area (Å²) in [4.78, 5) is 16.7. The van der Waals surface area contributed by atoms with Crippen LogP contribution < -0.4 is 5.32 Å². The lowest BCUT2D eigenvalue weighted by molar-refractivity contribution is -0.119. The van der Waals surface area contributed by atoms with Crippen LogP contribution in [0.4, 0.5) is 0 Å². The Hall–Kier alpha value is -1.55. The van der Waals surface area contributed by atoms with E-state index in [1.807, 2.05) is 30.3 Å². The highest BCUT2D eigenvalue weighted by molar-refractivity contribution is 7.99. The SMILES string of the molecule is C[C@@H]1CCCC[C@H]1NC(=O)CSc1ccc2ccccc2n1. The Morgan fingerprint density at radius 2 is 2.05 bits per heavy atom. The first kappa shape index (κ1) is 15.3. The molecule has 22 heavy (non-hydrogen) atoms. The van der Waals surface area contributed by atoms with Crippen molar-refractivity contribution in [1.29, 1.82) is 0 Å². The fourth-order valence-electron chi connectivity index (χ4n) is 3.05. The number of hydrogen-bond acceptors (Lipinski definition) is 3. The third-order valence-electron chi connectivity index (χ3n) is 4.38. The molecule has 0 unspecified atom stereocenters. The highest BCUT2D eigenvalue weighted by Gasteiger charge is 2.22. The van der Waals surface area contributed by atoms with Crippen LogP contribution in [0.15, 0.2) is 41.4 Å². The highest BCUT2D eigenvalue weighted by atomic mass is 32.2. The summed E-state index contributed by atoms with van der Waals surface area (Å²) in [5.41, 5.74) is 0.980. The summed E-state index contributed by atoms with van der Waals surface area (Å²) in [5.74, 6) is 1.16. The summed E-state index contributed by atoms with van der Waals surface area (Å²) in [6.45, 7) is 2.24. The minimum Gasteiger partial charge on any atom is -0.352 e. The molecule has 2 atom stereocenters.